The minimum atomic E-state index is -0.0474. The van der Waals surface area contributed by atoms with E-state index in [1.54, 1.807) is 0 Å². The molecule has 182 valence electrons. The van der Waals surface area contributed by atoms with Crippen LogP contribution in [0.2, 0.25) is 0 Å². The lowest BCUT2D eigenvalue weighted by molar-refractivity contribution is -0.136. The number of rotatable bonds is 8. The van der Waals surface area contributed by atoms with Crippen LogP contribution in [0.5, 0.6) is 0 Å². The van der Waals surface area contributed by atoms with Gasteiger partial charge in [-0.05, 0) is 42.5 Å². The van der Waals surface area contributed by atoms with Gasteiger partial charge in [-0.25, -0.2) is 0 Å². The van der Waals surface area contributed by atoms with Crippen LogP contribution in [0.4, 0.5) is 5.82 Å². The first kappa shape index (κ1) is 23.7. The van der Waals surface area contributed by atoms with Crippen LogP contribution in [-0.2, 0) is 17.8 Å². The number of aromatic nitrogens is 2. The Balaban J connectivity index is 1.28. The Hall–Kier alpha value is -3.99. The van der Waals surface area contributed by atoms with E-state index in [4.69, 9.17) is 0 Å². The first-order chi connectivity index (χ1) is 17.8. The SMILES string of the molecule is O=C(C1CCCN(c2ccc(-c3ccccc3)nn2)C1)N(CCc1ccccc1)Cc1ccccc1. The van der Waals surface area contributed by atoms with Gasteiger partial charge in [0.05, 0.1) is 11.6 Å². The summed E-state index contributed by atoms with van der Waals surface area (Å²) >= 11 is 0. The highest BCUT2D eigenvalue weighted by Crippen LogP contribution is 2.25. The summed E-state index contributed by atoms with van der Waals surface area (Å²) in [7, 11) is 0. The van der Waals surface area contributed by atoms with Gasteiger partial charge in [0.1, 0.15) is 0 Å². The van der Waals surface area contributed by atoms with Gasteiger partial charge in [0, 0.05) is 31.7 Å². The first-order valence-electron chi connectivity index (χ1n) is 12.8. The molecule has 1 aromatic heterocycles. The molecule has 0 radical (unpaired) electrons. The number of benzene rings is 3. The largest absolute Gasteiger partial charge is 0.354 e. The average Bonchev–Trinajstić information content (AvgIpc) is 2.96. The molecule has 0 aliphatic carbocycles. The summed E-state index contributed by atoms with van der Waals surface area (Å²) in [4.78, 5) is 18.1. The smallest absolute Gasteiger partial charge is 0.227 e. The molecule has 4 aromatic rings. The molecule has 36 heavy (non-hydrogen) atoms. The van der Waals surface area contributed by atoms with Crippen molar-refractivity contribution >= 4 is 11.7 Å². The lowest BCUT2D eigenvalue weighted by atomic mass is 9.96. The van der Waals surface area contributed by atoms with Gasteiger partial charge >= 0.3 is 0 Å². The van der Waals surface area contributed by atoms with E-state index in [9.17, 15) is 4.79 Å². The van der Waals surface area contributed by atoms with Crippen LogP contribution in [0.15, 0.2) is 103 Å². The highest BCUT2D eigenvalue weighted by Gasteiger charge is 2.30. The monoisotopic (exact) mass is 476 g/mol. The van der Waals surface area contributed by atoms with Gasteiger partial charge < -0.3 is 9.80 Å². The molecule has 5 rings (SSSR count). The molecule has 1 fully saturated rings. The molecule has 5 heteroatoms. The summed E-state index contributed by atoms with van der Waals surface area (Å²) < 4.78 is 0. The Kier molecular flexibility index (Phi) is 7.67. The molecular formula is C31H32N4O. The van der Waals surface area contributed by atoms with E-state index >= 15 is 0 Å². The average molecular weight is 477 g/mol. The molecule has 1 atom stereocenters. The molecular weight excluding hydrogens is 444 g/mol. The van der Waals surface area contributed by atoms with Crippen LogP contribution in [0.25, 0.3) is 11.3 Å². The quantitative estimate of drug-likeness (QED) is 0.331. The Bertz CT molecular complexity index is 1230. The number of carbonyl (C=O) groups is 1. The summed E-state index contributed by atoms with van der Waals surface area (Å²) in [6.45, 7) is 2.91. The molecule has 3 aromatic carbocycles. The van der Waals surface area contributed by atoms with Crippen molar-refractivity contribution in [1.29, 1.82) is 0 Å². The molecule has 0 bridgehead atoms. The van der Waals surface area contributed by atoms with Crippen molar-refractivity contribution in [3.05, 3.63) is 114 Å². The Morgan fingerprint density at radius 3 is 2.14 bits per heavy atom. The number of hydrogen-bond donors (Lipinski definition) is 0. The Morgan fingerprint density at radius 2 is 1.47 bits per heavy atom. The number of nitrogens with zero attached hydrogens (tertiary/aromatic N) is 4. The molecule has 1 unspecified atom stereocenters. The third-order valence-corrected chi connectivity index (χ3v) is 6.86. The van der Waals surface area contributed by atoms with Gasteiger partial charge in [0.25, 0.3) is 0 Å². The Morgan fingerprint density at radius 1 is 0.806 bits per heavy atom. The van der Waals surface area contributed by atoms with Crippen molar-refractivity contribution in [3.8, 4) is 11.3 Å². The zero-order valence-corrected chi connectivity index (χ0v) is 20.5. The number of hydrogen-bond acceptors (Lipinski definition) is 4. The predicted molar refractivity (Wildman–Crippen MR) is 144 cm³/mol. The number of piperidine rings is 1. The van der Waals surface area contributed by atoms with Gasteiger partial charge in [0.15, 0.2) is 5.82 Å². The lowest BCUT2D eigenvalue weighted by Gasteiger charge is -2.35. The van der Waals surface area contributed by atoms with E-state index in [0.29, 0.717) is 19.6 Å². The normalized spacial score (nSPS) is 15.4. The summed E-state index contributed by atoms with van der Waals surface area (Å²) in [6.07, 6.45) is 2.72. The Labute approximate surface area is 213 Å². The molecule has 1 saturated heterocycles. The van der Waals surface area contributed by atoms with E-state index < -0.39 is 0 Å². The topological polar surface area (TPSA) is 49.3 Å². The van der Waals surface area contributed by atoms with E-state index in [-0.39, 0.29) is 11.8 Å². The number of anilines is 1. The molecule has 5 nitrogen and oxygen atoms in total. The second-order valence-corrected chi connectivity index (χ2v) is 9.41. The molecule has 2 heterocycles. The fourth-order valence-corrected chi connectivity index (χ4v) is 4.88. The summed E-state index contributed by atoms with van der Waals surface area (Å²) in [5.41, 5.74) is 4.33. The van der Waals surface area contributed by atoms with Crippen LogP contribution in [0.3, 0.4) is 0 Å². The number of amides is 1. The molecule has 0 spiro atoms. The molecule has 1 amide bonds. The maximum atomic E-state index is 13.8. The predicted octanol–water partition coefficient (Wildman–Crippen LogP) is 5.63. The molecule has 1 aliphatic rings. The van der Waals surface area contributed by atoms with E-state index in [1.807, 2.05) is 71.6 Å². The maximum absolute atomic E-state index is 13.8. The summed E-state index contributed by atoms with van der Waals surface area (Å²) in [5.74, 6) is 1.02. The van der Waals surface area contributed by atoms with Crippen molar-refractivity contribution in [2.45, 2.75) is 25.8 Å². The van der Waals surface area contributed by atoms with Crippen LogP contribution in [0.1, 0.15) is 24.0 Å². The van der Waals surface area contributed by atoms with Crippen molar-refractivity contribution < 1.29 is 4.79 Å². The molecule has 0 N–H and O–H groups in total. The van der Waals surface area contributed by atoms with Crippen LogP contribution in [0, 0.1) is 5.92 Å². The van der Waals surface area contributed by atoms with E-state index in [1.165, 1.54) is 5.56 Å². The van der Waals surface area contributed by atoms with Crippen molar-refractivity contribution in [2.75, 3.05) is 24.5 Å². The van der Waals surface area contributed by atoms with Crippen LogP contribution >= 0.6 is 0 Å². The zero-order chi connectivity index (χ0) is 24.6. The highest BCUT2D eigenvalue weighted by molar-refractivity contribution is 5.80. The molecule has 0 saturated carbocycles. The van der Waals surface area contributed by atoms with Gasteiger partial charge in [-0.1, -0.05) is 91.0 Å². The lowest BCUT2D eigenvalue weighted by Crippen LogP contribution is -2.45. The van der Waals surface area contributed by atoms with E-state index in [2.05, 4.69) is 51.5 Å². The second kappa shape index (κ2) is 11.6. The number of carbonyl (C=O) groups excluding carboxylic acids is 1. The van der Waals surface area contributed by atoms with Crippen molar-refractivity contribution in [1.82, 2.24) is 15.1 Å². The summed E-state index contributed by atoms with van der Waals surface area (Å²) in [6, 6.07) is 34.8. The fourth-order valence-electron chi connectivity index (χ4n) is 4.88. The van der Waals surface area contributed by atoms with Crippen LogP contribution in [-0.4, -0.2) is 40.6 Å². The van der Waals surface area contributed by atoms with Gasteiger partial charge in [-0.15, -0.1) is 10.2 Å². The van der Waals surface area contributed by atoms with Gasteiger partial charge in [-0.2, -0.15) is 0 Å². The van der Waals surface area contributed by atoms with Crippen molar-refractivity contribution in [2.24, 2.45) is 5.92 Å². The standard InChI is InChI=1S/C31H32N4O/c36-31(35(23-26-13-6-2-7-14-26)22-20-25-11-4-1-5-12-25)28-17-10-21-34(24-28)30-19-18-29(32-33-30)27-15-8-3-9-16-27/h1-9,11-16,18-19,28H,10,17,20-24H2. The minimum Gasteiger partial charge on any atom is -0.354 e. The van der Waals surface area contributed by atoms with Gasteiger partial charge in [0.2, 0.25) is 5.91 Å². The summed E-state index contributed by atoms with van der Waals surface area (Å²) in [5, 5.41) is 8.97. The zero-order valence-electron chi connectivity index (χ0n) is 20.5. The van der Waals surface area contributed by atoms with E-state index in [0.717, 1.165) is 48.4 Å². The van der Waals surface area contributed by atoms with Crippen LogP contribution < -0.4 is 4.90 Å². The van der Waals surface area contributed by atoms with Gasteiger partial charge in [-0.3, -0.25) is 4.79 Å². The minimum absolute atomic E-state index is 0.0474. The second-order valence-electron chi connectivity index (χ2n) is 9.41. The highest BCUT2D eigenvalue weighted by atomic mass is 16.2. The fraction of sp³-hybridized carbons (Fsp3) is 0.258. The third-order valence-electron chi connectivity index (χ3n) is 6.86. The third kappa shape index (κ3) is 5.98. The maximum Gasteiger partial charge on any atom is 0.227 e. The first-order valence-corrected chi connectivity index (χ1v) is 12.8. The molecule has 1 aliphatic heterocycles. The van der Waals surface area contributed by atoms with Crippen molar-refractivity contribution in [3.63, 3.8) is 0 Å².